The molecule has 2 aromatic rings. The maximum Gasteiger partial charge on any atom is 0.304 e. The smallest absolute Gasteiger partial charge is 0.304 e. The summed E-state index contributed by atoms with van der Waals surface area (Å²) >= 11 is 1.28. The van der Waals surface area contributed by atoms with Gasteiger partial charge in [-0.1, -0.05) is 12.1 Å². The second kappa shape index (κ2) is 7.78. The van der Waals surface area contributed by atoms with Crippen LogP contribution < -0.4 is 10.0 Å². The third kappa shape index (κ3) is 3.90. The van der Waals surface area contributed by atoms with Crippen molar-refractivity contribution in [3.05, 3.63) is 39.9 Å². The summed E-state index contributed by atoms with van der Waals surface area (Å²) in [6.07, 6.45) is 3.24. The number of thiazole rings is 1. The fourth-order valence-electron chi connectivity index (χ4n) is 3.52. The molecule has 28 heavy (non-hydrogen) atoms. The SMILES string of the molecule is Cc1ccc2c(c1Nc1nc(C(=O)NS(=O)(=O)N3CCOCC3)cs1)CCC2. The summed E-state index contributed by atoms with van der Waals surface area (Å²) in [7, 11) is -3.90. The lowest BCUT2D eigenvalue weighted by Crippen LogP contribution is -2.48. The lowest BCUT2D eigenvalue weighted by Gasteiger charge is -2.25. The topological polar surface area (TPSA) is 101 Å². The van der Waals surface area contributed by atoms with Gasteiger partial charge in [0.05, 0.1) is 13.2 Å². The van der Waals surface area contributed by atoms with E-state index in [1.165, 1.54) is 26.8 Å². The molecule has 0 bridgehead atoms. The Morgan fingerprint density at radius 1 is 1.25 bits per heavy atom. The van der Waals surface area contributed by atoms with Crippen LogP contribution >= 0.6 is 11.3 Å². The van der Waals surface area contributed by atoms with Gasteiger partial charge in [-0.2, -0.15) is 12.7 Å². The number of hydrogen-bond donors (Lipinski definition) is 2. The standard InChI is InChI=1S/C18H22N4O4S2/c1-12-5-6-13-3-2-4-14(13)16(12)20-18-19-15(11-27-18)17(23)21-28(24,25)22-7-9-26-10-8-22/h5-6,11H,2-4,7-10H2,1H3,(H,19,20)(H,21,23). The van der Waals surface area contributed by atoms with Crippen molar-refractivity contribution >= 4 is 38.3 Å². The van der Waals surface area contributed by atoms with Gasteiger partial charge in [0.25, 0.3) is 5.91 Å². The molecule has 1 fully saturated rings. The third-order valence-corrected chi connectivity index (χ3v) is 7.24. The Morgan fingerprint density at radius 2 is 2.04 bits per heavy atom. The molecule has 10 heteroatoms. The molecular weight excluding hydrogens is 400 g/mol. The molecule has 1 aliphatic carbocycles. The van der Waals surface area contributed by atoms with E-state index in [1.54, 1.807) is 5.38 Å². The van der Waals surface area contributed by atoms with Crippen molar-refractivity contribution in [3.63, 3.8) is 0 Å². The van der Waals surface area contributed by atoms with E-state index >= 15 is 0 Å². The number of carbonyl (C=O) groups excluding carboxylic acids is 1. The Morgan fingerprint density at radius 3 is 2.82 bits per heavy atom. The number of nitrogens with zero attached hydrogens (tertiary/aromatic N) is 2. The number of nitrogens with one attached hydrogen (secondary N) is 2. The first-order valence-corrected chi connectivity index (χ1v) is 11.5. The van der Waals surface area contributed by atoms with E-state index in [1.807, 2.05) is 6.92 Å². The molecule has 1 saturated heterocycles. The van der Waals surface area contributed by atoms with E-state index in [9.17, 15) is 13.2 Å². The van der Waals surface area contributed by atoms with E-state index in [4.69, 9.17) is 4.74 Å². The Labute approximate surface area is 168 Å². The van der Waals surface area contributed by atoms with Gasteiger partial charge in [0.1, 0.15) is 5.69 Å². The molecule has 2 aliphatic rings. The average Bonchev–Trinajstić information content (AvgIpc) is 3.34. The monoisotopic (exact) mass is 422 g/mol. The fraction of sp³-hybridized carbons (Fsp3) is 0.444. The van der Waals surface area contributed by atoms with Gasteiger partial charge in [0.2, 0.25) is 0 Å². The molecule has 1 aromatic heterocycles. The number of amides is 1. The number of anilines is 2. The Hall–Kier alpha value is -2.01. The van der Waals surface area contributed by atoms with Gasteiger partial charge in [-0.25, -0.2) is 9.71 Å². The number of hydrogen-bond acceptors (Lipinski definition) is 7. The van der Waals surface area contributed by atoms with Crippen LogP contribution in [0.5, 0.6) is 0 Å². The molecule has 0 spiro atoms. The minimum Gasteiger partial charge on any atom is -0.379 e. The highest BCUT2D eigenvalue weighted by atomic mass is 32.2. The number of rotatable bonds is 5. The molecule has 0 atom stereocenters. The van der Waals surface area contributed by atoms with Crippen LogP contribution in [0.2, 0.25) is 0 Å². The fourth-order valence-corrected chi connectivity index (χ4v) is 5.31. The number of carbonyl (C=O) groups is 1. The summed E-state index contributed by atoms with van der Waals surface area (Å²) < 4.78 is 33.1. The number of fused-ring (bicyclic) bond motifs is 1. The molecule has 2 heterocycles. The summed E-state index contributed by atoms with van der Waals surface area (Å²) in [5.41, 5.74) is 4.89. The van der Waals surface area contributed by atoms with Gasteiger partial charge in [0.15, 0.2) is 5.13 Å². The summed E-state index contributed by atoms with van der Waals surface area (Å²) in [6.45, 7) is 3.13. The number of aryl methyl sites for hydroxylation is 2. The molecule has 1 aliphatic heterocycles. The summed E-state index contributed by atoms with van der Waals surface area (Å²) in [5.74, 6) is -0.731. The Bertz CT molecular complexity index is 997. The van der Waals surface area contributed by atoms with Crippen LogP contribution in [-0.2, 0) is 27.8 Å². The van der Waals surface area contributed by atoms with Crippen molar-refractivity contribution in [2.45, 2.75) is 26.2 Å². The second-order valence-electron chi connectivity index (χ2n) is 6.86. The molecule has 1 amide bonds. The highest BCUT2D eigenvalue weighted by Crippen LogP contribution is 2.34. The van der Waals surface area contributed by atoms with Gasteiger partial charge >= 0.3 is 10.2 Å². The van der Waals surface area contributed by atoms with Gasteiger partial charge in [-0.15, -0.1) is 11.3 Å². The van der Waals surface area contributed by atoms with E-state index in [0.29, 0.717) is 18.3 Å². The van der Waals surface area contributed by atoms with E-state index in [0.717, 1.165) is 30.5 Å². The van der Waals surface area contributed by atoms with Crippen LogP contribution in [0.1, 0.15) is 33.6 Å². The normalized spacial score (nSPS) is 17.3. The van der Waals surface area contributed by atoms with E-state index in [2.05, 4.69) is 27.2 Å². The van der Waals surface area contributed by atoms with Crippen molar-refractivity contribution in [1.82, 2.24) is 14.0 Å². The predicted octanol–water partition coefficient (Wildman–Crippen LogP) is 1.99. The summed E-state index contributed by atoms with van der Waals surface area (Å²) in [5, 5.41) is 5.45. The molecule has 8 nitrogen and oxygen atoms in total. The minimum absolute atomic E-state index is 0.0783. The van der Waals surface area contributed by atoms with Gasteiger partial charge in [0, 0.05) is 24.2 Å². The maximum atomic E-state index is 12.4. The van der Waals surface area contributed by atoms with Gasteiger partial charge in [-0.3, -0.25) is 4.79 Å². The first-order valence-electron chi connectivity index (χ1n) is 9.18. The van der Waals surface area contributed by atoms with Crippen molar-refractivity contribution in [3.8, 4) is 0 Å². The Balaban J connectivity index is 1.48. The lowest BCUT2D eigenvalue weighted by molar-refractivity contribution is 0.0718. The summed E-state index contributed by atoms with van der Waals surface area (Å²) in [6, 6.07) is 4.25. The van der Waals surface area contributed by atoms with Crippen LogP contribution in [0, 0.1) is 6.92 Å². The average molecular weight is 423 g/mol. The zero-order valence-corrected chi connectivity index (χ0v) is 17.2. The maximum absolute atomic E-state index is 12.4. The van der Waals surface area contributed by atoms with Gasteiger partial charge in [-0.05, 0) is 42.9 Å². The molecular formula is C18H22N4O4S2. The Kier molecular flexibility index (Phi) is 5.37. The third-order valence-electron chi connectivity index (χ3n) is 4.99. The van der Waals surface area contributed by atoms with Crippen LogP contribution in [0.25, 0.3) is 0 Å². The largest absolute Gasteiger partial charge is 0.379 e. The predicted molar refractivity (Wildman–Crippen MR) is 107 cm³/mol. The molecule has 4 rings (SSSR count). The molecule has 0 unspecified atom stereocenters. The van der Waals surface area contributed by atoms with Crippen molar-refractivity contribution in [2.24, 2.45) is 0 Å². The molecule has 2 N–H and O–H groups in total. The number of benzene rings is 1. The van der Waals surface area contributed by atoms with Crippen LogP contribution in [0.3, 0.4) is 0 Å². The first-order chi connectivity index (χ1) is 13.4. The second-order valence-corrected chi connectivity index (χ2v) is 9.39. The first kappa shape index (κ1) is 19.3. The van der Waals surface area contributed by atoms with Crippen LogP contribution in [0.15, 0.2) is 17.5 Å². The highest BCUT2D eigenvalue weighted by Gasteiger charge is 2.27. The van der Waals surface area contributed by atoms with Crippen LogP contribution in [-0.4, -0.2) is 49.9 Å². The number of aromatic nitrogens is 1. The van der Waals surface area contributed by atoms with Crippen molar-refractivity contribution in [2.75, 3.05) is 31.6 Å². The van der Waals surface area contributed by atoms with E-state index < -0.39 is 16.1 Å². The summed E-state index contributed by atoms with van der Waals surface area (Å²) in [4.78, 5) is 16.7. The van der Waals surface area contributed by atoms with Crippen LogP contribution in [0.4, 0.5) is 10.8 Å². The molecule has 150 valence electrons. The number of morpholine rings is 1. The quantitative estimate of drug-likeness (QED) is 0.764. The zero-order chi connectivity index (χ0) is 19.7. The van der Waals surface area contributed by atoms with E-state index in [-0.39, 0.29) is 18.8 Å². The zero-order valence-electron chi connectivity index (χ0n) is 15.5. The molecule has 0 saturated carbocycles. The van der Waals surface area contributed by atoms with Crippen molar-refractivity contribution < 1.29 is 17.9 Å². The lowest BCUT2D eigenvalue weighted by atomic mass is 10.0. The molecule has 0 radical (unpaired) electrons. The van der Waals surface area contributed by atoms with Crippen molar-refractivity contribution in [1.29, 1.82) is 0 Å². The van der Waals surface area contributed by atoms with Gasteiger partial charge < -0.3 is 10.1 Å². The minimum atomic E-state index is -3.90. The highest BCUT2D eigenvalue weighted by molar-refractivity contribution is 7.87. The molecule has 1 aromatic carbocycles. The number of ether oxygens (including phenoxy) is 1.